The van der Waals surface area contributed by atoms with E-state index in [0.717, 1.165) is 0 Å². The van der Waals surface area contributed by atoms with Crippen molar-refractivity contribution in [1.82, 2.24) is 0 Å². The predicted molar refractivity (Wildman–Crippen MR) is 64.2 cm³/mol. The second-order valence-corrected chi connectivity index (χ2v) is 3.96. The van der Waals surface area contributed by atoms with Gasteiger partial charge in [0.15, 0.2) is 6.61 Å². The first kappa shape index (κ1) is 14.0. The fourth-order valence-corrected chi connectivity index (χ4v) is 1.59. The Kier molecular flexibility index (Phi) is 3.69. The Balaban J connectivity index is 2.38. The lowest BCUT2D eigenvalue weighted by Gasteiger charge is -2.12. The highest BCUT2D eigenvalue weighted by Gasteiger charge is 2.29. The van der Waals surface area contributed by atoms with Gasteiger partial charge in [-0.2, -0.15) is 13.2 Å². The number of carbonyl (C=O) groups excluding carboxylic acids is 1. The van der Waals surface area contributed by atoms with Crippen LogP contribution in [-0.4, -0.2) is 18.7 Å². The standard InChI is InChI=1S/C13H10F3NO3/c14-13(15,16)7-20-11-4-3-8(12(17)18)6-9(11)10-2-1-5-19-10/h1-6H,7H2,(H2,17,18). The van der Waals surface area contributed by atoms with Gasteiger partial charge < -0.3 is 14.9 Å². The maximum absolute atomic E-state index is 12.2. The van der Waals surface area contributed by atoms with Crippen molar-refractivity contribution >= 4 is 5.91 Å². The van der Waals surface area contributed by atoms with E-state index < -0.39 is 18.7 Å². The summed E-state index contributed by atoms with van der Waals surface area (Å²) in [4.78, 5) is 11.1. The summed E-state index contributed by atoms with van der Waals surface area (Å²) in [6, 6.07) is 6.98. The van der Waals surface area contributed by atoms with Crippen molar-refractivity contribution in [1.29, 1.82) is 0 Å². The number of hydrogen-bond acceptors (Lipinski definition) is 3. The molecule has 0 bridgehead atoms. The predicted octanol–water partition coefficient (Wildman–Crippen LogP) is 2.99. The number of rotatable bonds is 4. The van der Waals surface area contributed by atoms with Crippen LogP contribution in [0.4, 0.5) is 13.2 Å². The van der Waals surface area contributed by atoms with Crippen molar-refractivity contribution in [2.45, 2.75) is 6.18 Å². The zero-order valence-corrected chi connectivity index (χ0v) is 10.1. The van der Waals surface area contributed by atoms with E-state index in [1.807, 2.05) is 0 Å². The molecular formula is C13H10F3NO3. The third-order valence-electron chi connectivity index (χ3n) is 2.44. The lowest BCUT2D eigenvalue weighted by molar-refractivity contribution is -0.153. The number of primary amides is 1. The van der Waals surface area contributed by atoms with E-state index in [9.17, 15) is 18.0 Å². The van der Waals surface area contributed by atoms with Crippen LogP contribution in [-0.2, 0) is 0 Å². The van der Waals surface area contributed by atoms with Gasteiger partial charge in [0.05, 0.1) is 11.8 Å². The van der Waals surface area contributed by atoms with E-state index in [2.05, 4.69) is 0 Å². The van der Waals surface area contributed by atoms with E-state index >= 15 is 0 Å². The normalized spacial score (nSPS) is 11.3. The molecule has 2 N–H and O–H groups in total. The maximum Gasteiger partial charge on any atom is 0.422 e. The maximum atomic E-state index is 12.2. The number of hydrogen-bond donors (Lipinski definition) is 1. The molecule has 0 aliphatic rings. The average Bonchev–Trinajstić information content (AvgIpc) is 2.88. The van der Waals surface area contributed by atoms with Crippen molar-refractivity contribution in [3.63, 3.8) is 0 Å². The van der Waals surface area contributed by atoms with Gasteiger partial charge in [0.2, 0.25) is 5.91 Å². The third kappa shape index (κ3) is 3.31. The molecule has 0 saturated heterocycles. The molecule has 0 saturated carbocycles. The molecule has 20 heavy (non-hydrogen) atoms. The molecule has 0 aliphatic heterocycles. The number of carbonyl (C=O) groups is 1. The molecule has 2 rings (SSSR count). The quantitative estimate of drug-likeness (QED) is 0.939. The van der Waals surface area contributed by atoms with E-state index in [1.54, 1.807) is 12.1 Å². The summed E-state index contributed by atoms with van der Waals surface area (Å²) >= 11 is 0. The van der Waals surface area contributed by atoms with Gasteiger partial charge in [0, 0.05) is 5.56 Å². The molecular weight excluding hydrogens is 275 g/mol. The van der Waals surface area contributed by atoms with Crippen LogP contribution in [0, 0.1) is 0 Å². The van der Waals surface area contributed by atoms with Crippen molar-refractivity contribution < 1.29 is 27.1 Å². The molecule has 1 aromatic carbocycles. The molecule has 1 heterocycles. The van der Waals surface area contributed by atoms with Gasteiger partial charge >= 0.3 is 6.18 Å². The van der Waals surface area contributed by atoms with Gasteiger partial charge in [-0.25, -0.2) is 0 Å². The van der Waals surface area contributed by atoms with E-state index in [4.69, 9.17) is 14.9 Å². The third-order valence-corrected chi connectivity index (χ3v) is 2.44. The van der Waals surface area contributed by atoms with Gasteiger partial charge in [-0.15, -0.1) is 0 Å². The van der Waals surface area contributed by atoms with Gasteiger partial charge in [-0.05, 0) is 30.3 Å². The number of amides is 1. The summed E-state index contributed by atoms with van der Waals surface area (Å²) in [5.74, 6) is -0.451. The van der Waals surface area contributed by atoms with E-state index in [0.29, 0.717) is 0 Å². The molecule has 0 atom stereocenters. The molecule has 0 radical (unpaired) electrons. The van der Waals surface area contributed by atoms with Crippen molar-refractivity contribution in [3.05, 3.63) is 42.2 Å². The molecule has 0 fully saturated rings. The number of benzene rings is 1. The topological polar surface area (TPSA) is 65.5 Å². The summed E-state index contributed by atoms with van der Waals surface area (Å²) in [7, 11) is 0. The molecule has 1 amide bonds. The highest BCUT2D eigenvalue weighted by Crippen LogP contribution is 2.32. The summed E-state index contributed by atoms with van der Waals surface area (Å²) in [5.41, 5.74) is 5.52. The number of ether oxygens (including phenoxy) is 1. The van der Waals surface area contributed by atoms with Gasteiger partial charge in [-0.1, -0.05) is 0 Å². The second-order valence-electron chi connectivity index (χ2n) is 3.96. The SMILES string of the molecule is NC(=O)c1ccc(OCC(F)(F)F)c(-c2ccco2)c1. The van der Waals surface area contributed by atoms with Crippen LogP contribution < -0.4 is 10.5 Å². The lowest BCUT2D eigenvalue weighted by atomic mass is 10.1. The zero-order valence-electron chi connectivity index (χ0n) is 10.1. The Bertz CT molecular complexity index is 606. The molecule has 1 aromatic heterocycles. The van der Waals surface area contributed by atoms with Crippen LogP contribution in [0.3, 0.4) is 0 Å². The highest BCUT2D eigenvalue weighted by molar-refractivity contribution is 5.94. The smallest absolute Gasteiger partial charge is 0.422 e. The summed E-state index contributed by atoms with van der Waals surface area (Å²) in [5, 5.41) is 0. The van der Waals surface area contributed by atoms with Crippen LogP contribution in [0.2, 0.25) is 0 Å². The minimum atomic E-state index is -4.46. The monoisotopic (exact) mass is 285 g/mol. The van der Waals surface area contributed by atoms with Crippen LogP contribution in [0.1, 0.15) is 10.4 Å². The van der Waals surface area contributed by atoms with Crippen LogP contribution in [0.5, 0.6) is 5.75 Å². The number of halogens is 3. The molecule has 4 nitrogen and oxygen atoms in total. The van der Waals surface area contributed by atoms with Crippen LogP contribution in [0.25, 0.3) is 11.3 Å². The first-order chi connectivity index (χ1) is 9.37. The molecule has 0 spiro atoms. The zero-order chi connectivity index (χ0) is 14.8. The van der Waals surface area contributed by atoms with Crippen LogP contribution >= 0.6 is 0 Å². The molecule has 0 unspecified atom stereocenters. The summed E-state index contributed by atoms with van der Waals surface area (Å²) in [6.45, 7) is -1.43. The molecule has 2 aromatic rings. The lowest BCUT2D eigenvalue weighted by Crippen LogP contribution is -2.19. The van der Waals surface area contributed by atoms with E-state index in [-0.39, 0.29) is 22.6 Å². The Morgan fingerprint density at radius 3 is 2.60 bits per heavy atom. The summed E-state index contributed by atoms with van der Waals surface area (Å²) < 4.78 is 46.4. The fraction of sp³-hybridized carbons (Fsp3) is 0.154. The minimum Gasteiger partial charge on any atom is -0.483 e. The first-order valence-electron chi connectivity index (χ1n) is 5.54. The average molecular weight is 285 g/mol. The fourth-order valence-electron chi connectivity index (χ4n) is 1.59. The van der Waals surface area contributed by atoms with Crippen molar-refractivity contribution in [3.8, 4) is 17.1 Å². The Morgan fingerprint density at radius 1 is 1.30 bits per heavy atom. The Labute approximate surface area is 111 Å². The van der Waals surface area contributed by atoms with Crippen molar-refractivity contribution in [2.24, 2.45) is 5.73 Å². The Morgan fingerprint density at radius 2 is 2.05 bits per heavy atom. The highest BCUT2D eigenvalue weighted by atomic mass is 19.4. The van der Waals surface area contributed by atoms with Crippen LogP contribution in [0.15, 0.2) is 41.0 Å². The number of alkyl halides is 3. The number of furan rings is 1. The van der Waals surface area contributed by atoms with Gasteiger partial charge in [0.25, 0.3) is 0 Å². The van der Waals surface area contributed by atoms with Gasteiger partial charge in [-0.3, -0.25) is 4.79 Å². The minimum absolute atomic E-state index is 0.0396. The molecule has 7 heteroatoms. The van der Waals surface area contributed by atoms with E-state index in [1.165, 1.54) is 24.5 Å². The second kappa shape index (κ2) is 5.28. The Hall–Kier alpha value is -2.44. The largest absolute Gasteiger partial charge is 0.483 e. The number of nitrogens with two attached hydrogens (primary N) is 1. The van der Waals surface area contributed by atoms with Crippen molar-refractivity contribution in [2.75, 3.05) is 6.61 Å². The molecule has 106 valence electrons. The molecule has 0 aliphatic carbocycles. The first-order valence-corrected chi connectivity index (χ1v) is 5.54. The summed E-state index contributed by atoms with van der Waals surface area (Å²) in [6.07, 6.45) is -3.09. The van der Waals surface area contributed by atoms with Gasteiger partial charge in [0.1, 0.15) is 11.5 Å².